The molecule has 0 amide bonds. The van der Waals surface area contributed by atoms with Gasteiger partial charge in [-0.1, -0.05) is 27.7 Å². The lowest BCUT2D eigenvalue weighted by atomic mass is 9.82. The third kappa shape index (κ3) is 2.59. The van der Waals surface area contributed by atoms with Crippen LogP contribution in [0.1, 0.15) is 40.5 Å². The summed E-state index contributed by atoms with van der Waals surface area (Å²) in [6.45, 7) is 13.3. The molecule has 0 saturated carbocycles. The van der Waals surface area contributed by atoms with Crippen molar-refractivity contribution in [1.29, 1.82) is 0 Å². The van der Waals surface area contributed by atoms with Crippen LogP contribution < -0.4 is 5.73 Å². The second-order valence-electron chi connectivity index (χ2n) is 6.90. The molecule has 0 aliphatic carbocycles. The van der Waals surface area contributed by atoms with Gasteiger partial charge in [0.15, 0.2) is 0 Å². The minimum Gasteiger partial charge on any atom is -0.378 e. The fraction of sp³-hybridized carbons (Fsp3) is 1.00. The third-order valence-electron chi connectivity index (χ3n) is 5.26. The van der Waals surface area contributed by atoms with Crippen molar-refractivity contribution >= 4 is 0 Å². The Morgan fingerprint density at radius 3 is 2.39 bits per heavy atom. The van der Waals surface area contributed by atoms with Crippen molar-refractivity contribution in [1.82, 2.24) is 4.90 Å². The molecule has 0 radical (unpaired) electrons. The lowest BCUT2D eigenvalue weighted by Gasteiger charge is -2.47. The van der Waals surface area contributed by atoms with E-state index in [2.05, 4.69) is 32.6 Å². The first-order valence-corrected chi connectivity index (χ1v) is 7.55. The van der Waals surface area contributed by atoms with Crippen LogP contribution in [0.4, 0.5) is 0 Å². The summed E-state index contributed by atoms with van der Waals surface area (Å²) in [6.07, 6.45) is 2.60. The molecule has 2 saturated heterocycles. The van der Waals surface area contributed by atoms with Crippen molar-refractivity contribution in [3.05, 3.63) is 0 Å². The average molecular weight is 254 g/mol. The highest BCUT2D eigenvalue weighted by Gasteiger charge is 2.45. The maximum absolute atomic E-state index is 6.17. The Morgan fingerprint density at radius 2 is 1.89 bits per heavy atom. The van der Waals surface area contributed by atoms with Crippen LogP contribution in [0.5, 0.6) is 0 Å². The van der Waals surface area contributed by atoms with Crippen LogP contribution in [-0.2, 0) is 4.74 Å². The molecule has 2 rings (SSSR count). The Kier molecular flexibility index (Phi) is 4.35. The fourth-order valence-corrected chi connectivity index (χ4v) is 3.48. The van der Waals surface area contributed by atoms with E-state index >= 15 is 0 Å². The Bertz CT molecular complexity index is 272. The summed E-state index contributed by atoms with van der Waals surface area (Å²) >= 11 is 0. The number of rotatable bonds is 3. The van der Waals surface area contributed by atoms with Crippen molar-refractivity contribution in [2.24, 2.45) is 23.5 Å². The third-order valence-corrected chi connectivity index (χ3v) is 5.26. The first-order valence-electron chi connectivity index (χ1n) is 7.55. The van der Waals surface area contributed by atoms with Crippen LogP contribution in [-0.4, -0.2) is 42.8 Å². The quantitative estimate of drug-likeness (QED) is 0.838. The van der Waals surface area contributed by atoms with E-state index in [1.807, 2.05) is 0 Å². The second-order valence-corrected chi connectivity index (χ2v) is 6.90. The van der Waals surface area contributed by atoms with Gasteiger partial charge in [-0.2, -0.15) is 0 Å². The summed E-state index contributed by atoms with van der Waals surface area (Å²) in [5.41, 5.74) is 6.37. The van der Waals surface area contributed by atoms with E-state index in [0.717, 1.165) is 37.8 Å². The van der Waals surface area contributed by atoms with E-state index in [-0.39, 0.29) is 5.54 Å². The Balaban J connectivity index is 2.10. The van der Waals surface area contributed by atoms with Crippen LogP contribution in [0.15, 0.2) is 0 Å². The molecule has 0 aromatic heterocycles. The molecule has 3 nitrogen and oxygen atoms in total. The van der Waals surface area contributed by atoms with Gasteiger partial charge in [0.2, 0.25) is 0 Å². The van der Waals surface area contributed by atoms with E-state index < -0.39 is 0 Å². The molecule has 2 aliphatic heterocycles. The predicted molar refractivity (Wildman–Crippen MR) is 75.5 cm³/mol. The molecular weight excluding hydrogens is 224 g/mol. The van der Waals surface area contributed by atoms with Gasteiger partial charge in [0.05, 0.1) is 6.10 Å². The van der Waals surface area contributed by atoms with Gasteiger partial charge in [0.1, 0.15) is 0 Å². The van der Waals surface area contributed by atoms with Crippen LogP contribution in [0, 0.1) is 17.8 Å². The second kappa shape index (κ2) is 5.48. The van der Waals surface area contributed by atoms with Crippen LogP contribution >= 0.6 is 0 Å². The van der Waals surface area contributed by atoms with Gasteiger partial charge >= 0.3 is 0 Å². The highest BCUT2D eigenvalue weighted by Crippen LogP contribution is 2.37. The number of nitrogens with two attached hydrogens (primary N) is 1. The first kappa shape index (κ1) is 14.3. The largest absolute Gasteiger partial charge is 0.378 e. The van der Waals surface area contributed by atoms with Gasteiger partial charge in [-0.3, -0.25) is 4.90 Å². The van der Waals surface area contributed by atoms with E-state index in [1.165, 1.54) is 13.1 Å². The summed E-state index contributed by atoms with van der Waals surface area (Å²) in [6, 6.07) is 0. The summed E-state index contributed by atoms with van der Waals surface area (Å²) in [7, 11) is 0. The molecule has 0 bridgehead atoms. The molecular formula is C15H30N2O. The zero-order valence-electron chi connectivity index (χ0n) is 12.5. The van der Waals surface area contributed by atoms with Gasteiger partial charge in [0.25, 0.3) is 0 Å². The normalized spacial score (nSPS) is 42.7. The lowest BCUT2D eigenvalue weighted by molar-refractivity contribution is -0.0833. The van der Waals surface area contributed by atoms with Crippen molar-refractivity contribution in [2.45, 2.75) is 52.2 Å². The SMILES string of the molecule is CC(C)C1CC(CN)(N2CC(C)C(C)C2)CCO1. The molecule has 4 atom stereocenters. The molecule has 106 valence electrons. The lowest BCUT2D eigenvalue weighted by Crippen LogP contribution is -2.58. The summed E-state index contributed by atoms with van der Waals surface area (Å²) in [4.78, 5) is 2.67. The molecule has 0 aromatic carbocycles. The molecule has 4 unspecified atom stereocenters. The fourth-order valence-electron chi connectivity index (χ4n) is 3.48. The van der Waals surface area contributed by atoms with E-state index in [4.69, 9.17) is 10.5 Å². The average Bonchev–Trinajstić information content (AvgIpc) is 2.70. The van der Waals surface area contributed by atoms with Gasteiger partial charge in [0, 0.05) is 31.8 Å². The standard InChI is InChI=1S/C15H30N2O/c1-11(2)14-7-15(10-16,5-6-18-14)17-8-12(3)13(4)9-17/h11-14H,5-10,16H2,1-4H3. The first-order chi connectivity index (χ1) is 8.48. The maximum Gasteiger partial charge on any atom is 0.0616 e. The van der Waals surface area contributed by atoms with Crippen molar-refractivity contribution < 1.29 is 4.74 Å². The molecule has 2 N–H and O–H groups in total. The van der Waals surface area contributed by atoms with Crippen molar-refractivity contribution in [3.8, 4) is 0 Å². The molecule has 2 fully saturated rings. The van der Waals surface area contributed by atoms with Crippen LogP contribution in [0.2, 0.25) is 0 Å². The van der Waals surface area contributed by atoms with E-state index in [9.17, 15) is 0 Å². The Hall–Kier alpha value is -0.120. The van der Waals surface area contributed by atoms with Gasteiger partial charge in [-0.25, -0.2) is 0 Å². The molecule has 18 heavy (non-hydrogen) atoms. The summed E-state index contributed by atoms with van der Waals surface area (Å²) in [5.74, 6) is 2.19. The van der Waals surface area contributed by atoms with Gasteiger partial charge < -0.3 is 10.5 Å². The van der Waals surface area contributed by atoms with Crippen molar-refractivity contribution in [2.75, 3.05) is 26.2 Å². The number of hydrogen-bond donors (Lipinski definition) is 1. The molecule has 0 aromatic rings. The van der Waals surface area contributed by atoms with Gasteiger partial charge in [-0.15, -0.1) is 0 Å². The summed E-state index contributed by atoms with van der Waals surface area (Å²) in [5, 5.41) is 0. The smallest absolute Gasteiger partial charge is 0.0616 e. The van der Waals surface area contributed by atoms with Gasteiger partial charge in [-0.05, 0) is 30.6 Å². The zero-order chi connectivity index (χ0) is 13.3. The molecule has 2 aliphatic rings. The summed E-state index contributed by atoms with van der Waals surface area (Å²) < 4.78 is 5.93. The molecule has 3 heteroatoms. The minimum absolute atomic E-state index is 0.201. The number of ether oxygens (including phenoxy) is 1. The Morgan fingerprint density at radius 1 is 1.28 bits per heavy atom. The highest BCUT2D eigenvalue weighted by atomic mass is 16.5. The van der Waals surface area contributed by atoms with E-state index in [0.29, 0.717) is 12.0 Å². The van der Waals surface area contributed by atoms with Crippen LogP contribution in [0.3, 0.4) is 0 Å². The van der Waals surface area contributed by atoms with Crippen LogP contribution in [0.25, 0.3) is 0 Å². The highest BCUT2D eigenvalue weighted by molar-refractivity contribution is 5.00. The predicted octanol–water partition coefficient (Wildman–Crippen LogP) is 2.11. The van der Waals surface area contributed by atoms with Crippen molar-refractivity contribution in [3.63, 3.8) is 0 Å². The zero-order valence-corrected chi connectivity index (χ0v) is 12.5. The number of hydrogen-bond acceptors (Lipinski definition) is 3. The topological polar surface area (TPSA) is 38.5 Å². The molecule has 2 heterocycles. The Labute approximate surface area is 112 Å². The maximum atomic E-state index is 6.17. The number of likely N-dealkylation sites (tertiary alicyclic amines) is 1. The monoisotopic (exact) mass is 254 g/mol. The molecule has 0 spiro atoms. The number of nitrogens with zero attached hydrogens (tertiary/aromatic N) is 1. The minimum atomic E-state index is 0.201. The van der Waals surface area contributed by atoms with E-state index in [1.54, 1.807) is 0 Å².